The topological polar surface area (TPSA) is 51.1 Å². The molecule has 0 aliphatic heterocycles. The van der Waals surface area contributed by atoms with E-state index in [9.17, 15) is 13.2 Å². The molecule has 0 amide bonds. The molecule has 10 heteroatoms. The van der Waals surface area contributed by atoms with Crippen LogP contribution in [-0.2, 0) is 6.54 Å². The van der Waals surface area contributed by atoms with E-state index in [4.69, 9.17) is 23.8 Å². The molecule has 0 bridgehead atoms. The van der Waals surface area contributed by atoms with E-state index in [0.717, 1.165) is 5.56 Å². The summed E-state index contributed by atoms with van der Waals surface area (Å²) in [4.78, 5) is 0. The van der Waals surface area contributed by atoms with Gasteiger partial charge in [0.2, 0.25) is 0 Å². The number of rotatable bonds is 6. The van der Waals surface area contributed by atoms with Gasteiger partial charge in [0.1, 0.15) is 11.6 Å². The SMILES string of the molecule is Cc1ccc(OC(F)F)c(NC(=S)Nc2cnn(Cc3c(F)cccc3Cl)c2)c1. The van der Waals surface area contributed by atoms with Gasteiger partial charge in [-0.05, 0) is 49.0 Å². The third-order valence-corrected chi connectivity index (χ3v) is 4.43. The average Bonchev–Trinajstić information content (AvgIpc) is 3.07. The number of anilines is 2. The Bertz CT molecular complexity index is 1010. The van der Waals surface area contributed by atoms with Crippen molar-refractivity contribution in [2.45, 2.75) is 20.1 Å². The van der Waals surface area contributed by atoms with E-state index < -0.39 is 12.4 Å². The molecule has 0 saturated heterocycles. The van der Waals surface area contributed by atoms with Crippen LogP contribution in [0.5, 0.6) is 5.75 Å². The second kappa shape index (κ2) is 9.15. The van der Waals surface area contributed by atoms with Crippen molar-refractivity contribution in [2.75, 3.05) is 10.6 Å². The molecule has 0 spiro atoms. The van der Waals surface area contributed by atoms with Crippen LogP contribution in [0.25, 0.3) is 0 Å². The van der Waals surface area contributed by atoms with Crippen LogP contribution < -0.4 is 15.4 Å². The molecule has 0 saturated carbocycles. The molecule has 2 aromatic carbocycles. The summed E-state index contributed by atoms with van der Waals surface area (Å²) < 4.78 is 45.1. The highest BCUT2D eigenvalue weighted by atomic mass is 35.5. The van der Waals surface area contributed by atoms with Gasteiger partial charge in [-0.3, -0.25) is 4.68 Å². The third-order valence-electron chi connectivity index (χ3n) is 3.87. The Morgan fingerprint density at radius 2 is 2.07 bits per heavy atom. The van der Waals surface area contributed by atoms with Gasteiger partial charge in [0.15, 0.2) is 5.11 Å². The van der Waals surface area contributed by atoms with Gasteiger partial charge >= 0.3 is 6.61 Å². The molecule has 0 atom stereocenters. The zero-order valence-corrected chi connectivity index (χ0v) is 16.7. The van der Waals surface area contributed by atoms with Crippen molar-refractivity contribution < 1.29 is 17.9 Å². The molecule has 1 heterocycles. The summed E-state index contributed by atoms with van der Waals surface area (Å²) in [6.45, 7) is -1.01. The largest absolute Gasteiger partial charge is 0.433 e. The molecule has 0 aliphatic rings. The van der Waals surface area contributed by atoms with E-state index in [-0.39, 0.29) is 17.4 Å². The summed E-state index contributed by atoms with van der Waals surface area (Å²) in [5.74, 6) is -0.453. The number of nitrogens with one attached hydrogen (secondary N) is 2. The lowest BCUT2D eigenvalue weighted by Gasteiger charge is -2.14. The summed E-state index contributed by atoms with van der Waals surface area (Å²) in [5, 5.41) is 10.3. The maximum Gasteiger partial charge on any atom is 0.387 e. The summed E-state index contributed by atoms with van der Waals surface area (Å²) in [7, 11) is 0. The minimum Gasteiger partial charge on any atom is -0.433 e. The van der Waals surface area contributed by atoms with E-state index in [1.807, 2.05) is 6.92 Å². The number of nitrogens with zero attached hydrogens (tertiary/aromatic N) is 2. The van der Waals surface area contributed by atoms with Gasteiger partial charge in [0.05, 0.1) is 24.1 Å². The van der Waals surface area contributed by atoms with Gasteiger partial charge in [-0.25, -0.2) is 4.39 Å². The second-order valence-electron chi connectivity index (χ2n) is 6.08. The number of ether oxygens (including phenoxy) is 1. The highest BCUT2D eigenvalue weighted by Gasteiger charge is 2.12. The normalized spacial score (nSPS) is 10.8. The Hall–Kier alpha value is -2.78. The van der Waals surface area contributed by atoms with Gasteiger partial charge in [-0.15, -0.1) is 0 Å². The fraction of sp³-hybridized carbons (Fsp3) is 0.158. The van der Waals surface area contributed by atoms with E-state index in [0.29, 0.717) is 22.0 Å². The first-order chi connectivity index (χ1) is 13.8. The molecule has 152 valence electrons. The Morgan fingerprint density at radius 1 is 1.28 bits per heavy atom. The second-order valence-corrected chi connectivity index (χ2v) is 6.90. The van der Waals surface area contributed by atoms with Crippen LogP contribution >= 0.6 is 23.8 Å². The van der Waals surface area contributed by atoms with Crippen LogP contribution in [0.3, 0.4) is 0 Å². The molecule has 5 nitrogen and oxygen atoms in total. The van der Waals surface area contributed by atoms with Crippen molar-refractivity contribution in [1.29, 1.82) is 0 Å². The van der Waals surface area contributed by atoms with E-state index in [1.165, 1.54) is 29.1 Å². The molecule has 29 heavy (non-hydrogen) atoms. The molecule has 3 rings (SSSR count). The smallest absolute Gasteiger partial charge is 0.387 e. The van der Waals surface area contributed by atoms with Gasteiger partial charge in [0.25, 0.3) is 0 Å². The Kier molecular flexibility index (Phi) is 6.60. The molecule has 0 radical (unpaired) electrons. The molecule has 0 unspecified atom stereocenters. The Morgan fingerprint density at radius 3 is 2.79 bits per heavy atom. The molecule has 0 fully saturated rings. The van der Waals surface area contributed by atoms with Crippen molar-refractivity contribution in [3.63, 3.8) is 0 Å². The standard InChI is InChI=1S/C19H16ClF3N4OS/c1-11-5-6-17(28-18(22)23)16(7-11)26-19(29)25-12-8-24-27(9-12)10-13-14(20)3-2-4-15(13)21/h2-9,18H,10H2,1H3,(H2,25,26,29). The first-order valence-electron chi connectivity index (χ1n) is 8.40. The van der Waals surface area contributed by atoms with Gasteiger partial charge in [-0.2, -0.15) is 13.9 Å². The summed E-state index contributed by atoms with van der Waals surface area (Å²) in [6, 6.07) is 9.17. The molecule has 3 aromatic rings. The monoisotopic (exact) mass is 440 g/mol. The number of halogens is 4. The third kappa shape index (κ3) is 5.61. The van der Waals surface area contributed by atoms with Gasteiger partial charge in [-0.1, -0.05) is 23.7 Å². The molecular formula is C19H16ClF3N4OS. The van der Waals surface area contributed by atoms with Crippen molar-refractivity contribution in [3.8, 4) is 5.75 Å². The fourth-order valence-electron chi connectivity index (χ4n) is 2.58. The minimum absolute atomic E-state index is 0.0281. The number of thiocarbonyl (C=S) groups is 1. The molecule has 2 N–H and O–H groups in total. The number of hydrogen-bond donors (Lipinski definition) is 2. The van der Waals surface area contributed by atoms with Crippen molar-refractivity contribution in [3.05, 3.63) is 70.8 Å². The first kappa shape index (κ1) is 20.9. The van der Waals surface area contributed by atoms with Crippen LogP contribution in [0.4, 0.5) is 24.5 Å². The van der Waals surface area contributed by atoms with E-state index in [1.54, 1.807) is 24.4 Å². The van der Waals surface area contributed by atoms with Crippen molar-refractivity contribution >= 4 is 40.3 Å². The summed E-state index contributed by atoms with van der Waals surface area (Å²) in [5.41, 5.74) is 1.98. The summed E-state index contributed by atoms with van der Waals surface area (Å²) in [6.07, 6.45) is 3.11. The Labute approximate surface area is 175 Å². The first-order valence-corrected chi connectivity index (χ1v) is 9.19. The lowest BCUT2D eigenvalue weighted by Crippen LogP contribution is -2.19. The van der Waals surface area contributed by atoms with Crippen LogP contribution in [0.1, 0.15) is 11.1 Å². The van der Waals surface area contributed by atoms with E-state index >= 15 is 0 Å². The fourth-order valence-corrected chi connectivity index (χ4v) is 3.04. The zero-order chi connectivity index (χ0) is 21.0. The number of hydrogen-bond acceptors (Lipinski definition) is 3. The number of aromatic nitrogens is 2. The Balaban J connectivity index is 1.67. The zero-order valence-electron chi connectivity index (χ0n) is 15.1. The highest BCUT2D eigenvalue weighted by molar-refractivity contribution is 7.80. The van der Waals surface area contributed by atoms with E-state index in [2.05, 4.69) is 20.5 Å². The number of benzene rings is 2. The van der Waals surface area contributed by atoms with Crippen molar-refractivity contribution in [2.24, 2.45) is 0 Å². The quantitative estimate of drug-likeness (QED) is 0.500. The molecular weight excluding hydrogens is 425 g/mol. The minimum atomic E-state index is -2.96. The number of aryl methyl sites for hydroxylation is 1. The van der Waals surface area contributed by atoms with Crippen molar-refractivity contribution in [1.82, 2.24) is 9.78 Å². The average molecular weight is 441 g/mol. The number of alkyl halides is 2. The van der Waals surface area contributed by atoms with Crippen LogP contribution in [0.2, 0.25) is 5.02 Å². The van der Waals surface area contributed by atoms with Gasteiger partial charge in [0, 0.05) is 16.8 Å². The van der Waals surface area contributed by atoms with Crippen LogP contribution in [0.15, 0.2) is 48.8 Å². The maximum absolute atomic E-state index is 13.9. The molecule has 0 aliphatic carbocycles. The van der Waals surface area contributed by atoms with Crippen LogP contribution in [-0.4, -0.2) is 21.5 Å². The van der Waals surface area contributed by atoms with Crippen LogP contribution in [0, 0.1) is 12.7 Å². The summed E-state index contributed by atoms with van der Waals surface area (Å²) >= 11 is 11.3. The van der Waals surface area contributed by atoms with Gasteiger partial charge < -0.3 is 15.4 Å². The lowest BCUT2D eigenvalue weighted by molar-refractivity contribution is -0.0493. The predicted octanol–water partition coefficient (Wildman–Crippen LogP) is 5.44. The predicted molar refractivity (Wildman–Crippen MR) is 110 cm³/mol. The molecule has 1 aromatic heterocycles. The lowest BCUT2D eigenvalue weighted by atomic mass is 10.2. The highest BCUT2D eigenvalue weighted by Crippen LogP contribution is 2.27. The maximum atomic E-state index is 13.9.